The largest absolute Gasteiger partial charge is 0.390 e. The lowest BCUT2D eigenvalue weighted by Gasteiger charge is -2.30. The summed E-state index contributed by atoms with van der Waals surface area (Å²) in [6.07, 6.45) is 2.65. The van der Waals surface area contributed by atoms with Crippen LogP contribution in [0.25, 0.3) is 10.8 Å². The summed E-state index contributed by atoms with van der Waals surface area (Å²) in [7, 11) is 0. The summed E-state index contributed by atoms with van der Waals surface area (Å²) in [5, 5.41) is 20.3. The van der Waals surface area contributed by atoms with Gasteiger partial charge in [0.15, 0.2) is 0 Å². The average Bonchev–Trinajstić information content (AvgIpc) is 2.86. The van der Waals surface area contributed by atoms with Gasteiger partial charge in [0.2, 0.25) is 17.7 Å². The molecule has 2 rings (SSSR count). The van der Waals surface area contributed by atoms with E-state index < -0.39 is 29.5 Å². The molecule has 6 N–H and O–H groups in total. The summed E-state index contributed by atoms with van der Waals surface area (Å²) in [6.45, 7) is 7.33. The smallest absolute Gasteiger partial charge is 0.245 e. The fourth-order valence-corrected chi connectivity index (χ4v) is 4.14. The Bertz CT molecular complexity index is 1020. The van der Waals surface area contributed by atoms with Crippen LogP contribution < -0.4 is 21.7 Å². The van der Waals surface area contributed by atoms with Gasteiger partial charge in [-0.05, 0) is 43.0 Å². The van der Waals surface area contributed by atoms with Crippen molar-refractivity contribution < 1.29 is 19.5 Å². The van der Waals surface area contributed by atoms with Gasteiger partial charge in [-0.1, -0.05) is 69.2 Å². The summed E-state index contributed by atoms with van der Waals surface area (Å²) in [5.74, 6) is -1.19. The number of carbonyl (C=O) groups excluding carboxylic acids is 3. The molecule has 2 atom stereocenters. The Hall–Kier alpha value is -2.97. The number of aliphatic hydroxyl groups excluding tert-OH is 1. The van der Waals surface area contributed by atoms with Crippen LogP contribution in [0.5, 0.6) is 0 Å². The Balaban J connectivity index is 2.19. The molecule has 0 saturated heterocycles. The number of hydrogen-bond donors (Lipinski definition) is 5. The third-order valence-electron chi connectivity index (χ3n) is 6.31. The molecule has 0 bridgehead atoms. The molecule has 3 amide bonds. The number of hydrogen-bond acceptors (Lipinski definition) is 5. The Kier molecular flexibility index (Phi) is 11.3. The molecule has 8 nitrogen and oxygen atoms in total. The van der Waals surface area contributed by atoms with Crippen LogP contribution >= 0.6 is 0 Å². The molecular weight excluding hydrogens is 456 g/mol. The van der Waals surface area contributed by atoms with E-state index in [0.29, 0.717) is 0 Å². The van der Waals surface area contributed by atoms with Crippen LogP contribution in [0.3, 0.4) is 0 Å². The second kappa shape index (κ2) is 13.9. The van der Waals surface area contributed by atoms with Crippen molar-refractivity contribution in [2.24, 2.45) is 11.7 Å². The van der Waals surface area contributed by atoms with Crippen LogP contribution in [0.4, 0.5) is 0 Å². The lowest BCUT2D eigenvalue weighted by Crippen LogP contribution is -2.60. The normalized spacial score (nSPS) is 13.3. The molecule has 36 heavy (non-hydrogen) atoms. The predicted octanol–water partition coefficient (Wildman–Crippen LogP) is 2.41. The van der Waals surface area contributed by atoms with E-state index in [1.807, 2.05) is 56.3 Å². The molecule has 198 valence electrons. The van der Waals surface area contributed by atoms with Gasteiger partial charge in [-0.3, -0.25) is 14.4 Å². The van der Waals surface area contributed by atoms with Gasteiger partial charge in [0.05, 0.1) is 6.10 Å². The van der Waals surface area contributed by atoms with Gasteiger partial charge >= 0.3 is 0 Å². The summed E-state index contributed by atoms with van der Waals surface area (Å²) >= 11 is 0. The SMILES string of the molecule is CCCC(CCC)C(=O)NC(C)(C)C(=O)NC(Cc1ccc2ccccc2c1)C(=O)NCC(O)CN. The second-order valence-corrected chi connectivity index (χ2v) is 9.93. The minimum absolute atomic E-state index is 0.0116. The Morgan fingerprint density at radius 1 is 0.972 bits per heavy atom. The number of benzene rings is 2. The highest BCUT2D eigenvalue weighted by Crippen LogP contribution is 2.18. The topological polar surface area (TPSA) is 134 Å². The molecule has 0 aliphatic rings. The van der Waals surface area contributed by atoms with Gasteiger partial charge in [-0.2, -0.15) is 0 Å². The maximum Gasteiger partial charge on any atom is 0.245 e. The van der Waals surface area contributed by atoms with Crippen molar-refractivity contribution in [3.8, 4) is 0 Å². The van der Waals surface area contributed by atoms with Gasteiger partial charge < -0.3 is 26.8 Å². The van der Waals surface area contributed by atoms with E-state index in [-0.39, 0.29) is 31.3 Å². The Morgan fingerprint density at radius 3 is 2.22 bits per heavy atom. The van der Waals surface area contributed by atoms with E-state index in [9.17, 15) is 19.5 Å². The van der Waals surface area contributed by atoms with Crippen LogP contribution in [0.15, 0.2) is 42.5 Å². The van der Waals surface area contributed by atoms with E-state index in [2.05, 4.69) is 16.0 Å². The monoisotopic (exact) mass is 498 g/mol. The van der Waals surface area contributed by atoms with Crippen LogP contribution in [-0.2, 0) is 20.8 Å². The molecule has 0 spiro atoms. The van der Waals surface area contributed by atoms with Gasteiger partial charge in [0.25, 0.3) is 0 Å². The highest BCUT2D eigenvalue weighted by molar-refractivity contribution is 5.95. The minimum Gasteiger partial charge on any atom is -0.390 e. The number of nitrogens with two attached hydrogens (primary N) is 1. The van der Waals surface area contributed by atoms with Crippen LogP contribution in [-0.4, -0.2) is 53.6 Å². The van der Waals surface area contributed by atoms with Crippen molar-refractivity contribution in [2.75, 3.05) is 13.1 Å². The first-order valence-electron chi connectivity index (χ1n) is 12.9. The molecule has 2 aromatic rings. The molecule has 2 aromatic carbocycles. The maximum atomic E-state index is 13.3. The van der Waals surface area contributed by atoms with Crippen LogP contribution in [0.2, 0.25) is 0 Å². The maximum absolute atomic E-state index is 13.3. The van der Waals surface area contributed by atoms with Gasteiger partial charge in [0, 0.05) is 25.4 Å². The third kappa shape index (κ3) is 8.60. The van der Waals surface area contributed by atoms with Gasteiger partial charge in [0.1, 0.15) is 11.6 Å². The molecule has 0 aliphatic heterocycles. The summed E-state index contributed by atoms with van der Waals surface area (Å²) < 4.78 is 0. The number of rotatable bonds is 14. The predicted molar refractivity (Wildman–Crippen MR) is 143 cm³/mol. The Labute approximate surface area is 214 Å². The van der Waals surface area contributed by atoms with Crippen molar-refractivity contribution >= 4 is 28.5 Å². The number of aliphatic hydroxyl groups is 1. The number of fused-ring (bicyclic) bond motifs is 1. The zero-order valence-corrected chi connectivity index (χ0v) is 22.0. The lowest BCUT2D eigenvalue weighted by atomic mass is 9.94. The van der Waals surface area contributed by atoms with Crippen molar-refractivity contribution in [1.29, 1.82) is 0 Å². The molecule has 0 radical (unpaired) electrons. The first kappa shape index (κ1) is 29.3. The quantitative estimate of drug-likeness (QED) is 0.273. The highest BCUT2D eigenvalue weighted by Gasteiger charge is 2.34. The molecule has 8 heteroatoms. The van der Waals surface area contributed by atoms with Crippen LogP contribution in [0, 0.1) is 5.92 Å². The summed E-state index contributed by atoms with van der Waals surface area (Å²) in [4.78, 5) is 39.2. The van der Waals surface area contributed by atoms with E-state index in [1.165, 1.54) is 0 Å². The van der Waals surface area contributed by atoms with Crippen LogP contribution in [0.1, 0.15) is 58.9 Å². The minimum atomic E-state index is -1.21. The van der Waals surface area contributed by atoms with Crippen molar-refractivity contribution in [3.63, 3.8) is 0 Å². The zero-order valence-electron chi connectivity index (χ0n) is 22.0. The fourth-order valence-electron chi connectivity index (χ4n) is 4.14. The second-order valence-electron chi connectivity index (χ2n) is 9.93. The van der Waals surface area contributed by atoms with Gasteiger partial charge in [-0.25, -0.2) is 0 Å². The third-order valence-corrected chi connectivity index (χ3v) is 6.31. The molecule has 0 fully saturated rings. The molecular formula is C28H42N4O4. The lowest BCUT2D eigenvalue weighted by molar-refractivity contribution is -0.136. The first-order chi connectivity index (χ1) is 17.1. The highest BCUT2D eigenvalue weighted by atomic mass is 16.3. The standard InChI is InChI=1S/C28H42N4O4/c1-5-9-21(10-6-2)25(34)32-28(3,4)27(36)31-24(26(35)30-18-23(33)17-29)16-19-13-14-20-11-7-8-12-22(20)15-19/h7-8,11-15,21,23-24,33H,5-6,9-10,16-18,29H2,1-4H3,(H,30,35)(H,31,36)(H,32,34). The average molecular weight is 499 g/mol. The Morgan fingerprint density at radius 2 is 1.61 bits per heavy atom. The number of amides is 3. The fraction of sp³-hybridized carbons (Fsp3) is 0.536. The number of carbonyl (C=O) groups is 3. The van der Waals surface area contributed by atoms with E-state index in [4.69, 9.17) is 5.73 Å². The van der Waals surface area contributed by atoms with E-state index in [1.54, 1.807) is 13.8 Å². The summed E-state index contributed by atoms with van der Waals surface area (Å²) in [6, 6.07) is 12.9. The van der Waals surface area contributed by atoms with Crippen molar-refractivity contribution in [1.82, 2.24) is 16.0 Å². The van der Waals surface area contributed by atoms with E-state index >= 15 is 0 Å². The summed E-state index contributed by atoms with van der Waals surface area (Å²) in [5.41, 5.74) is 5.11. The van der Waals surface area contributed by atoms with Gasteiger partial charge in [-0.15, -0.1) is 0 Å². The first-order valence-corrected chi connectivity index (χ1v) is 12.9. The molecule has 2 unspecified atom stereocenters. The van der Waals surface area contributed by atoms with Crippen molar-refractivity contribution in [2.45, 2.75) is 77.5 Å². The zero-order chi connectivity index (χ0) is 26.7. The number of nitrogens with one attached hydrogen (secondary N) is 3. The molecule has 0 aliphatic carbocycles. The van der Waals surface area contributed by atoms with Crippen molar-refractivity contribution in [3.05, 3.63) is 48.0 Å². The molecule has 0 heterocycles. The van der Waals surface area contributed by atoms with E-state index in [0.717, 1.165) is 42.0 Å². The molecule has 0 aromatic heterocycles. The molecule has 0 saturated carbocycles.